The van der Waals surface area contributed by atoms with Crippen molar-refractivity contribution in [1.82, 2.24) is 14.2 Å². The molecule has 2 aliphatic heterocycles. The van der Waals surface area contributed by atoms with E-state index in [9.17, 15) is 27.7 Å². The van der Waals surface area contributed by atoms with Gasteiger partial charge in [-0.3, -0.25) is 19.9 Å². The van der Waals surface area contributed by atoms with E-state index in [-0.39, 0.29) is 35.4 Å². The highest BCUT2D eigenvalue weighted by Gasteiger charge is 2.36. The number of piperazine rings is 1. The number of pyridine rings is 1. The summed E-state index contributed by atoms with van der Waals surface area (Å²) in [6, 6.07) is 11.4. The molecule has 0 unspecified atom stereocenters. The molecule has 0 aliphatic carbocycles. The second-order valence-corrected chi connectivity index (χ2v) is 11.2. The van der Waals surface area contributed by atoms with Gasteiger partial charge in [0.2, 0.25) is 15.9 Å². The van der Waals surface area contributed by atoms with Crippen molar-refractivity contribution in [2.24, 2.45) is 5.92 Å². The third-order valence-electron chi connectivity index (χ3n) is 7.01. The molecular formula is C25H26FN5O5S. The van der Waals surface area contributed by atoms with Crippen molar-refractivity contribution in [3.8, 4) is 0 Å². The van der Waals surface area contributed by atoms with Gasteiger partial charge in [-0.2, -0.15) is 4.31 Å². The van der Waals surface area contributed by atoms with Crippen molar-refractivity contribution < 1.29 is 22.5 Å². The summed E-state index contributed by atoms with van der Waals surface area (Å²) in [7, 11) is -3.97. The highest BCUT2D eigenvalue weighted by molar-refractivity contribution is 7.89. The molecule has 3 aromatic rings. The molecule has 2 fully saturated rings. The molecule has 1 atom stereocenters. The van der Waals surface area contributed by atoms with Gasteiger partial charge in [-0.15, -0.1) is 0 Å². The van der Waals surface area contributed by atoms with Crippen LogP contribution in [0.15, 0.2) is 59.6 Å². The lowest BCUT2D eigenvalue weighted by molar-refractivity contribution is -0.385. The normalized spacial score (nSPS) is 19.2. The second kappa shape index (κ2) is 10.0. The first-order chi connectivity index (χ1) is 17.7. The van der Waals surface area contributed by atoms with Crippen LogP contribution in [0.3, 0.4) is 0 Å². The van der Waals surface area contributed by atoms with Crippen molar-refractivity contribution in [3.05, 3.63) is 70.7 Å². The monoisotopic (exact) mass is 527 g/mol. The smallest absolute Gasteiger partial charge is 0.270 e. The van der Waals surface area contributed by atoms with E-state index in [0.29, 0.717) is 44.5 Å². The molecule has 2 aliphatic rings. The summed E-state index contributed by atoms with van der Waals surface area (Å²) in [4.78, 5) is 31.8. The zero-order chi connectivity index (χ0) is 26.2. The number of nitro benzene ring substituents is 1. The fraction of sp³-hybridized carbons (Fsp3) is 0.360. The van der Waals surface area contributed by atoms with Crippen LogP contribution in [0.4, 0.5) is 15.8 Å². The molecule has 0 spiro atoms. The molecule has 2 aromatic carbocycles. The third kappa shape index (κ3) is 4.98. The minimum Gasteiger partial charge on any atom is -0.367 e. The average Bonchev–Trinajstić information content (AvgIpc) is 2.92. The largest absolute Gasteiger partial charge is 0.367 e. The maximum Gasteiger partial charge on any atom is 0.270 e. The summed E-state index contributed by atoms with van der Waals surface area (Å²) in [6.07, 6.45) is 2.76. The molecule has 0 radical (unpaired) electrons. The van der Waals surface area contributed by atoms with Crippen LogP contribution in [0.25, 0.3) is 10.9 Å². The molecular weight excluding hydrogens is 501 g/mol. The quantitative estimate of drug-likeness (QED) is 0.370. The lowest BCUT2D eigenvalue weighted by Crippen LogP contribution is -2.53. The Hall–Kier alpha value is -3.64. The number of aromatic nitrogens is 1. The highest BCUT2D eigenvalue weighted by atomic mass is 32.2. The van der Waals surface area contributed by atoms with Crippen LogP contribution in [-0.4, -0.2) is 72.7 Å². The number of non-ortho nitro benzene ring substituents is 1. The maximum atomic E-state index is 13.6. The number of amides is 1. The molecule has 1 aromatic heterocycles. The zero-order valence-corrected chi connectivity index (χ0v) is 20.8. The fourth-order valence-electron chi connectivity index (χ4n) is 5.08. The number of carbonyl (C=O) groups excluding carboxylic acids is 1. The van der Waals surface area contributed by atoms with Gasteiger partial charge in [0.25, 0.3) is 5.69 Å². The van der Waals surface area contributed by atoms with Gasteiger partial charge >= 0.3 is 0 Å². The van der Waals surface area contributed by atoms with E-state index in [0.717, 1.165) is 17.1 Å². The Balaban J connectivity index is 1.25. The van der Waals surface area contributed by atoms with Crippen molar-refractivity contribution in [1.29, 1.82) is 0 Å². The Morgan fingerprint density at radius 3 is 2.59 bits per heavy atom. The number of halogens is 1. The maximum absolute atomic E-state index is 13.6. The topological polar surface area (TPSA) is 117 Å². The number of hydrogen-bond acceptors (Lipinski definition) is 7. The summed E-state index contributed by atoms with van der Waals surface area (Å²) in [5.74, 6) is -0.902. The predicted molar refractivity (Wildman–Crippen MR) is 135 cm³/mol. The first-order valence-corrected chi connectivity index (χ1v) is 13.5. The van der Waals surface area contributed by atoms with Crippen LogP contribution in [0.1, 0.15) is 12.8 Å². The molecule has 194 valence electrons. The first-order valence-electron chi connectivity index (χ1n) is 12.1. The molecule has 3 heterocycles. The lowest BCUT2D eigenvalue weighted by atomic mass is 9.97. The number of carbonyl (C=O) groups is 1. The van der Waals surface area contributed by atoms with Crippen LogP contribution < -0.4 is 4.90 Å². The number of hydrogen-bond donors (Lipinski definition) is 0. The van der Waals surface area contributed by atoms with Gasteiger partial charge in [-0.25, -0.2) is 12.8 Å². The van der Waals surface area contributed by atoms with E-state index < -0.39 is 20.9 Å². The van der Waals surface area contributed by atoms with E-state index in [4.69, 9.17) is 0 Å². The number of rotatable bonds is 5. The Morgan fingerprint density at radius 1 is 1.05 bits per heavy atom. The SMILES string of the molecule is O=C([C@@H]1CCCN(S(=O)(=O)c2cccc([N+](=O)[O-])c2)C1)N1CCN(c2ccnc3cc(F)ccc23)CC1. The van der Waals surface area contributed by atoms with Crippen molar-refractivity contribution in [2.75, 3.05) is 44.2 Å². The zero-order valence-electron chi connectivity index (χ0n) is 20.0. The van der Waals surface area contributed by atoms with Crippen LogP contribution in [0.2, 0.25) is 0 Å². The summed E-state index contributed by atoms with van der Waals surface area (Å²) in [5.41, 5.74) is 1.21. The number of piperidine rings is 1. The molecule has 5 rings (SSSR count). The molecule has 1 amide bonds. The number of anilines is 1. The minimum absolute atomic E-state index is 0.0463. The number of nitro groups is 1. The molecule has 2 saturated heterocycles. The summed E-state index contributed by atoms with van der Waals surface area (Å²) in [6.45, 7) is 2.45. The number of sulfonamides is 1. The Morgan fingerprint density at radius 2 is 1.84 bits per heavy atom. The van der Waals surface area contributed by atoms with E-state index in [1.807, 2.05) is 6.07 Å². The van der Waals surface area contributed by atoms with Crippen LogP contribution in [0, 0.1) is 21.8 Å². The Kier molecular flexibility index (Phi) is 6.78. The lowest BCUT2D eigenvalue weighted by Gasteiger charge is -2.39. The van der Waals surface area contributed by atoms with Gasteiger partial charge in [0.05, 0.1) is 21.3 Å². The Bertz CT molecular complexity index is 1460. The highest BCUT2D eigenvalue weighted by Crippen LogP contribution is 2.29. The molecule has 37 heavy (non-hydrogen) atoms. The average molecular weight is 528 g/mol. The number of benzene rings is 2. The number of fused-ring (bicyclic) bond motifs is 1. The second-order valence-electron chi connectivity index (χ2n) is 9.26. The molecule has 10 nitrogen and oxygen atoms in total. The van der Waals surface area contributed by atoms with Crippen molar-refractivity contribution in [2.45, 2.75) is 17.7 Å². The van der Waals surface area contributed by atoms with Gasteiger partial charge in [-0.05, 0) is 37.1 Å². The summed E-state index contributed by atoms with van der Waals surface area (Å²) in [5, 5.41) is 11.9. The van der Waals surface area contributed by atoms with Crippen molar-refractivity contribution >= 4 is 38.2 Å². The van der Waals surface area contributed by atoms with E-state index in [2.05, 4.69) is 9.88 Å². The third-order valence-corrected chi connectivity index (χ3v) is 8.87. The fourth-order valence-corrected chi connectivity index (χ4v) is 6.64. The van der Waals surface area contributed by atoms with Gasteiger partial charge in [-0.1, -0.05) is 6.07 Å². The summed E-state index contributed by atoms with van der Waals surface area (Å²) < 4.78 is 41.2. The number of nitrogens with zero attached hydrogens (tertiary/aromatic N) is 5. The molecule has 12 heteroatoms. The van der Waals surface area contributed by atoms with Crippen LogP contribution in [0.5, 0.6) is 0 Å². The predicted octanol–water partition coefficient (Wildman–Crippen LogP) is 3.03. The molecule has 0 N–H and O–H groups in total. The van der Waals surface area contributed by atoms with E-state index >= 15 is 0 Å². The van der Waals surface area contributed by atoms with E-state index in [1.165, 1.54) is 34.6 Å². The van der Waals surface area contributed by atoms with Crippen LogP contribution in [-0.2, 0) is 14.8 Å². The van der Waals surface area contributed by atoms with Gasteiger partial charge in [0, 0.05) is 74.7 Å². The van der Waals surface area contributed by atoms with Gasteiger partial charge in [0.1, 0.15) is 5.82 Å². The standard InChI is InChI=1S/C25H26FN5O5S/c26-19-6-7-22-23(15-19)27-9-8-24(22)28-11-13-29(14-12-28)25(32)18-3-2-10-30(17-18)37(35,36)21-5-1-4-20(16-21)31(33)34/h1,4-9,15-16,18H,2-3,10-14,17H2/t18-/m1/s1. The van der Waals surface area contributed by atoms with Crippen LogP contribution >= 0.6 is 0 Å². The molecule has 0 bridgehead atoms. The minimum atomic E-state index is -3.97. The van der Waals surface area contributed by atoms with E-state index in [1.54, 1.807) is 17.2 Å². The summed E-state index contributed by atoms with van der Waals surface area (Å²) >= 11 is 0. The first kappa shape index (κ1) is 25.0. The van der Waals surface area contributed by atoms with Crippen molar-refractivity contribution in [3.63, 3.8) is 0 Å². The Labute approximate surface area is 213 Å². The van der Waals surface area contributed by atoms with Gasteiger partial charge < -0.3 is 9.80 Å². The van der Waals surface area contributed by atoms with Gasteiger partial charge in [0.15, 0.2) is 0 Å². The molecule has 0 saturated carbocycles.